The number of aliphatic carboxylic acids is 1. The third kappa shape index (κ3) is 5.80. The Labute approximate surface area is 254 Å². The van der Waals surface area contributed by atoms with Gasteiger partial charge in [0.25, 0.3) is 5.91 Å². The van der Waals surface area contributed by atoms with Gasteiger partial charge in [-0.15, -0.1) is 16.9 Å². The maximum atomic E-state index is 13.7. The summed E-state index contributed by atoms with van der Waals surface area (Å²) < 4.78 is 1.48. The molecule has 0 saturated carbocycles. The first-order chi connectivity index (χ1) is 20.2. The van der Waals surface area contributed by atoms with Crippen molar-refractivity contribution in [2.75, 3.05) is 11.5 Å². The molecule has 1 saturated heterocycles. The molecular weight excluding hydrogens is 599 g/mol. The third-order valence-corrected chi connectivity index (χ3v) is 9.50. The summed E-state index contributed by atoms with van der Waals surface area (Å²) in [6.07, 6.45) is 0. The average molecular weight is 624 g/mol. The highest BCUT2D eigenvalue weighted by Gasteiger charge is 2.54. The fourth-order valence-corrected chi connectivity index (χ4v) is 7.30. The van der Waals surface area contributed by atoms with Gasteiger partial charge in [0.15, 0.2) is 5.78 Å². The van der Waals surface area contributed by atoms with Crippen LogP contribution in [0.5, 0.6) is 0 Å². The van der Waals surface area contributed by atoms with E-state index in [0.717, 1.165) is 0 Å². The van der Waals surface area contributed by atoms with E-state index in [9.17, 15) is 24.3 Å². The zero-order valence-electron chi connectivity index (χ0n) is 22.4. The Balaban J connectivity index is 1.34. The van der Waals surface area contributed by atoms with Crippen LogP contribution in [-0.4, -0.2) is 81.7 Å². The first kappa shape index (κ1) is 29.4. The van der Waals surface area contributed by atoms with Crippen molar-refractivity contribution in [2.45, 2.75) is 29.5 Å². The average Bonchev–Trinajstić information content (AvgIpc) is 3.41. The predicted octanol–water partition coefficient (Wildman–Crippen LogP) is 1.95. The number of rotatable bonds is 10. The lowest BCUT2D eigenvalue weighted by Crippen LogP contribution is -2.71. The molecule has 2 aliphatic rings. The highest BCUT2D eigenvalue weighted by molar-refractivity contribution is 8.01. The summed E-state index contributed by atoms with van der Waals surface area (Å²) in [5, 5.41) is 27.0. The number of β-lactam (4-membered cyclic amide) rings is 1. The summed E-state index contributed by atoms with van der Waals surface area (Å²) in [7, 11) is 1.68. The third-order valence-electron chi connectivity index (χ3n) is 6.73. The smallest absolute Gasteiger partial charge is 0.352 e. The molecule has 0 aliphatic carbocycles. The summed E-state index contributed by atoms with van der Waals surface area (Å²) in [4.78, 5) is 52.8. The van der Waals surface area contributed by atoms with Crippen LogP contribution in [0.25, 0.3) is 0 Å². The molecule has 3 aromatic rings. The van der Waals surface area contributed by atoms with Gasteiger partial charge in [-0.1, -0.05) is 78.6 Å². The largest absolute Gasteiger partial charge is 0.477 e. The van der Waals surface area contributed by atoms with Crippen molar-refractivity contribution in [3.63, 3.8) is 0 Å². The highest BCUT2D eigenvalue weighted by atomic mass is 32.2. The van der Waals surface area contributed by atoms with Crippen molar-refractivity contribution >= 4 is 64.3 Å². The van der Waals surface area contributed by atoms with Crippen molar-refractivity contribution in [3.8, 4) is 0 Å². The molecule has 0 radical (unpaired) electrons. The molecule has 1 fully saturated rings. The quantitative estimate of drug-likeness (QED) is 0.131. The number of Topliss-reactive ketones (excluding diaryl/α,β-unsaturated/α-hetero) is 1. The Kier molecular flexibility index (Phi) is 8.70. The molecule has 2 aliphatic heterocycles. The number of thiocarbonyl (C=S) groups is 1. The Morgan fingerprint density at radius 2 is 1.83 bits per heavy atom. The Morgan fingerprint density at radius 1 is 1.14 bits per heavy atom. The number of fused-ring (bicyclic) bond motifs is 1. The first-order valence-corrected chi connectivity index (χ1v) is 15.1. The Bertz CT molecular complexity index is 1610. The molecule has 3 N–H and O–H groups in total. The molecule has 0 bridgehead atoms. The summed E-state index contributed by atoms with van der Waals surface area (Å²) >= 11 is 8.25. The number of hydrogen-bond acceptors (Lipinski definition) is 10. The number of amides is 2. The Morgan fingerprint density at radius 3 is 2.48 bits per heavy atom. The lowest BCUT2D eigenvalue weighted by molar-refractivity contribution is -0.150. The molecule has 12 nitrogen and oxygen atoms in total. The molecular formula is C27H25N7O5S3. The minimum Gasteiger partial charge on any atom is -0.477 e. The van der Waals surface area contributed by atoms with Gasteiger partial charge in [0, 0.05) is 29.7 Å². The summed E-state index contributed by atoms with van der Waals surface area (Å²) in [6.45, 7) is 1.44. The number of aromatic nitrogens is 4. The molecule has 1 aromatic heterocycles. The minimum atomic E-state index is -1.22. The van der Waals surface area contributed by atoms with E-state index < -0.39 is 35.2 Å². The molecule has 0 spiro atoms. The van der Waals surface area contributed by atoms with Crippen LogP contribution in [0.3, 0.4) is 0 Å². The van der Waals surface area contributed by atoms with E-state index in [1.54, 1.807) is 55.6 Å². The molecule has 5 rings (SSSR count). The number of benzene rings is 2. The van der Waals surface area contributed by atoms with E-state index >= 15 is 0 Å². The van der Waals surface area contributed by atoms with E-state index in [0.29, 0.717) is 33.2 Å². The first-order valence-electron chi connectivity index (χ1n) is 12.7. The SMILES string of the molecule is CC(=O)c1ccccc1C(=S)N[C@H](C(=O)NC1C(=O)N2C(C(=O)O)=C(CSc3nnnn3C)CS[C@@H]12)c1ccccc1. The van der Waals surface area contributed by atoms with Crippen molar-refractivity contribution in [2.24, 2.45) is 7.05 Å². The second-order valence-electron chi connectivity index (χ2n) is 9.45. The number of ketones is 1. The van der Waals surface area contributed by atoms with Crippen LogP contribution in [0.15, 0.2) is 71.0 Å². The number of nitrogens with zero attached hydrogens (tertiary/aromatic N) is 5. The number of carboxylic acids is 1. The van der Waals surface area contributed by atoms with Crippen LogP contribution in [0.4, 0.5) is 0 Å². The predicted molar refractivity (Wildman–Crippen MR) is 160 cm³/mol. The van der Waals surface area contributed by atoms with E-state index in [1.807, 2.05) is 6.07 Å². The number of carbonyl (C=O) groups excluding carboxylic acids is 3. The molecule has 2 aromatic carbocycles. The van der Waals surface area contributed by atoms with Crippen molar-refractivity contribution in [1.29, 1.82) is 0 Å². The van der Waals surface area contributed by atoms with E-state index in [2.05, 4.69) is 26.2 Å². The molecule has 3 atom stereocenters. The van der Waals surface area contributed by atoms with Gasteiger partial charge in [0.2, 0.25) is 11.1 Å². The van der Waals surface area contributed by atoms with Crippen LogP contribution >= 0.6 is 35.7 Å². The normalized spacial score (nSPS) is 18.5. The second-order valence-corrected chi connectivity index (χ2v) is 11.9. The second kappa shape index (κ2) is 12.4. The van der Waals surface area contributed by atoms with E-state index in [4.69, 9.17) is 12.2 Å². The molecule has 42 heavy (non-hydrogen) atoms. The highest BCUT2D eigenvalue weighted by Crippen LogP contribution is 2.41. The summed E-state index contributed by atoms with van der Waals surface area (Å²) in [5.41, 5.74) is 1.98. The zero-order chi connectivity index (χ0) is 30.0. The van der Waals surface area contributed by atoms with Gasteiger partial charge < -0.3 is 15.7 Å². The standard InChI is InChI=1S/C27H25N7O5S3/c1-14(35)17-10-6-7-11-18(17)23(40)29-19(15-8-4-3-5-9-15)22(36)28-20-24(37)34-21(26(38)39)16(12-41-25(20)34)13-42-27-30-31-32-33(27)2/h3-11,19-20,25H,12-13H2,1-2H3,(H,28,36)(H,29,40)(H,38,39)/t19-,20?,25-/m0/s1. The monoisotopic (exact) mass is 623 g/mol. The van der Waals surface area contributed by atoms with Gasteiger partial charge >= 0.3 is 5.97 Å². The topological polar surface area (TPSA) is 159 Å². The fourth-order valence-electron chi connectivity index (χ4n) is 4.67. The number of tetrazole rings is 1. The molecule has 1 unspecified atom stereocenters. The van der Waals surface area contributed by atoms with Gasteiger partial charge in [-0.05, 0) is 28.5 Å². The van der Waals surface area contributed by atoms with Gasteiger partial charge in [-0.3, -0.25) is 19.3 Å². The lowest BCUT2D eigenvalue weighted by Gasteiger charge is -2.49. The van der Waals surface area contributed by atoms with Gasteiger partial charge in [-0.25, -0.2) is 9.48 Å². The number of nitrogens with one attached hydrogen (secondary N) is 2. The van der Waals surface area contributed by atoms with Gasteiger partial charge in [0.05, 0.1) is 0 Å². The van der Waals surface area contributed by atoms with E-state index in [1.165, 1.54) is 40.0 Å². The number of hydrogen-bond donors (Lipinski definition) is 3. The lowest BCUT2D eigenvalue weighted by atomic mass is 10.00. The minimum absolute atomic E-state index is 0.0865. The van der Waals surface area contributed by atoms with Crippen LogP contribution in [-0.2, 0) is 21.4 Å². The number of carbonyl (C=O) groups is 4. The molecule has 3 heterocycles. The summed E-state index contributed by atoms with van der Waals surface area (Å²) in [6, 6.07) is 13.8. The molecule has 2 amide bonds. The van der Waals surface area contributed by atoms with Gasteiger partial charge in [0.1, 0.15) is 28.1 Å². The molecule has 15 heteroatoms. The van der Waals surface area contributed by atoms with Crippen molar-refractivity contribution in [3.05, 3.63) is 82.6 Å². The maximum Gasteiger partial charge on any atom is 0.352 e. The van der Waals surface area contributed by atoms with Crippen LogP contribution in [0.2, 0.25) is 0 Å². The van der Waals surface area contributed by atoms with Crippen molar-refractivity contribution < 1.29 is 24.3 Å². The van der Waals surface area contributed by atoms with Crippen molar-refractivity contribution in [1.82, 2.24) is 35.7 Å². The number of carboxylic acid groups (broad SMARTS) is 1. The molecule has 216 valence electrons. The van der Waals surface area contributed by atoms with E-state index in [-0.39, 0.29) is 22.2 Å². The summed E-state index contributed by atoms with van der Waals surface area (Å²) in [5.74, 6) is -1.78. The fraction of sp³-hybridized carbons (Fsp3) is 0.259. The van der Waals surface area contributed by atoms with Crippen LogP contribution in [0.1, 0.15) is 34.5 Å². The number of aryl methyl sites for hydroxylation is 1. The zero-order valence-corrected chi connectivity index (χ0v) is 24.8. The van der Waals surface area contributed by atoms with Gasteiger partial charge in [-0.2, -0.15) is 0 Å². The Hall–Kier alpha value is -4.08. The number of thioether (sulfide) groups is 2. The maximum absolute atomic E-state index is 13.7. The van der Waals surface area contributed by atoms with Crippen LogP contribution in [0, 0.1) is 0 Å². The van der Waals surface area contributed by atoms with Crippen LogP contribution < -0.4 is 10.6 Å².